The first-order chi connectivity index (χ1) is 8.54. The molecule has 3 aliphatic rings. The zero-order valence-electron chi connectivity index (χ0n) is 8.63. The number of imide groups is 1. The number of hydrogen-bond donors (Lipinski definition) is 1. The van der Waals surface area contributed by atoms with Crippen LogP contribution in [0.3, 0.4) is 0 Å². The summed E-state index contributed by atoms with van der Waals surface area (Å²) in [6.45, 7) is 0. The van der Waals surface area contributed by atoms with Gasteiger partial charge in [-0.25, -0.2) is 0 Å². The van der Waals surface area contributed by atoms with E-state index in [4.69, 9.17) is 69.6 Å². The lowest BCUT2D eigenvalue weighted by Crippen LogP contribution is -2.49. The van der Waals surface area contributed by atoms with Gasteiger partial charge in [0.15, 0.2) is 4.33 Å². The predicted octanol–water partition coefficient (Wildman–Crippen LogP) is 2.82. The van der Waals surface area contributed by atoms with Crippen molar-refractivity contribution in [3.05, 3.63) is 10.1 Å². The van der Waals surface area contributed by atoms with E-state index in [0.29, 0.717) is 0 Å². The third-order valence-electron chi connectivity index (χ3n) is 3.89. The summed E-state index contributed by atoms with van der Waals surface area (Å²) in [4.78, 5) is 20.2. The molecule has 0 unspecified atom stereocenters. The van der Waals surface area contributed by atoms with Gasteiger partial charge in [0.25, 0.3) is 11.8 Å². The average molecular weight is 386 g/mol. The molecule has 0 spiro atoms. The van der Waals surface area contributed by atoms with Crippen molar-refractivity contribution in [1.82, 2.24) is 5.06 Å². The first-order valence-corrected chi connectivity index (χ1v) is 7.20. The van der Waals surface area contributed by atoms with Crippen LogP contribution in [0, 0.1) is 11.8 Å². The molecule has 1 aliphatic heterocycles. The third-order valence-corrected chi connectivity index (χ3v) is 8.14. The summed E-state index contributed by atoms with van der Waals surface area (Å²) in [7, 11) is 0. The van der Waals surface area contributed by atoms with Crippen molar-refractivity contribution in [1.29, 1.82) is 0 Å². The fourth-order valence-corrected chi connectivity index (χ4v) is 5.91. The first kappa shape index (κ1) is 14.5. The highest BCUT2D eigenvalue weighted by molar-refractivity contribution is 6.66. The van der Waals surface area contributed by atoms with Gasteiger partial charge in [-0.1, -0.05) is 46.4 Å². The molecule has 1 saturated carbocycles. The van der Waals surface area contributed by atoms with Crippen LogP contribution in [-0.4, -0.2) is 36.2 Å². The molecule has 1 saturated heterocycles. The maximum atomic E-state index is 11.9. The first-order valence-electron chi connectivity index (χ1n) is 4.93. The van der Waals surface area contributed by atoms with Gasteiger partial charge >= 0.3 is 0 Å². The quantitative estimate of drug-likeness (QED) is 0.396. The molecule has 1 heterocycles. The van der Waals surface area contributed by atoms with E-state index >= 15 is 0 Å². The van der Waals surface area contributed by atoms with E-state index in [9.17, 15) is 14.8 Å². The van der Waals surface area contributed by atoms with Crippen molar-refractivity contribution in [3.63, 3.8) is 0 Å². The number of alkyl halides is 4. The number of carbonyl (C=O) groups excluding carboxylic acids is 2. The molecule has 4 atom stereocenters. The molecule has 2 amide bonds. The highest BCUT2D eigenvalue weighted by Gasteiger charge is 2.87. The van der Waals surface area contributed by atoms with Crippen molar-refractivity contribution in [2.75, 3.05) is 0 Å². The molecule has 1 N–H and O–H groups in total. The van der Waals surface area contributed by atoms with Gasteiger partial charge in [-0.3, -0.25) is 14.8 Å². The number of halogens is 6. The summed E-state index contributed by atoms with van der Waals surface area (Å²) < 4.78 is -1.96. The number of carbonyl (C=O) groups is 2. The standard InChI is InChI=1S/C9H3Cl6NO3/c10-3-4(11)8(13)2-1(5(17)16(19)6(2)18)7(3,12)9(8,14)15/h1-2,19H/t1-,2+,7-,8-/m1/s1. The van der Waals surface area contributed by atoms with E-state index in [0.717, 1.165) is 0 Å². The number of allylic oxidation sites excluding steroid dienone is 2. The largest absolute Gasteiger partial charge is 0.278 e. The number of hydroxylamine groups is 2. The summed E-state index contributed by atoms with van der Waals surface area (Å²) in [5.41, 5.74) is 0. The molecule has 2 fully saturated rings. The Kier molecular flexibility index (Phi) is 2.80. The summed E-state index contributed by atoms with van der Waals surface area (Å²) in [5, 5.41) is 9.01. The van der Waals surface area contributed by atoms with Crippen LogP contribution in [0.15, 0.2) is 10.1 Å². The fourth-order valence-electron chi connectivity index (χ4n) is 2.98. The molecule has 104 valence electrons. The van der Waals surface area contributed by atoms with Crippen LogP contribution in [0.1, 0.15) is 0 Å². The average Bonchev–Trinajstić information content (AvgIpc) is 2.69. The second kappa shape index (κ2) is 3.67. The second-order valence-electron chi connectivity index (χ2n) is 4.57. The molecule has 0 radical (unpaired) electrons. The lowest BCUT2D eigenvalue weighted by molar-refractivity contribution is -0.173. The van der Waals surface area contributed by atoms with Gasteiger partial charge in [-0.2, -0.15) is 5.06 Å². The third kappa shape index (κ3) is 1.15. The number of nitrogens with zero attached hydrogens (tertiary/aromatic N) is 1. The molecular formula is C9H3Cl6NO3. The van der Waals surface area contributed by atoms with Crippen LogP contribution in [-0.2, 0) is 9.59 Å². The number of rotatable bonds is 0. The summed E-state index contributed by atoms with van der Waals surface area (Å²) >= 11 is 37.0. The Morgan fingerprint density at radius 2 is 1.21 bits per heavy atom. The van der Waals surface area contributed by atoms with Gasteiger partial charge in [0, 0.05) is 0 Å². The lowest BCUT2D eigenvalue weighted by Gasteiger charge is -2.33. The predicted molar refractivity (Wildman–Crippen MR) is 71.0 cm³/mol. The summed E-state index contributed by atoms with van der Waals surface area (Å²) in [6, 6.07) is 0. The maximum absolute atomic E-state index is 11.9. The zero-order chi connectivity index (χ0) is 14.5. The molecule has 10 heteroatoms. The Morgan fingerprint density at radius 3 is 1.53 bits per heavy atom. The molecule has 4 nitrogen and oxygen atoms in total. The molecule has 3 rings (SSSR count). The van der Waals surface area contributed by atoms with Crippen LogP contribution in [0.4, 0.5) is 0 Å². The van der Waals surface area contributed by atoms with Crippen molar-refractivity contribution in [3.8, 4) is 0 Å². The molecule has 19 heavy (non-hydrogen) atoms. The fraction of sp³-hybridized carbons (Fsp3) is 0.556. The Bertz CT molecular complexity index is 530. The van der Waals surface area contributed by atoms with Crippen LogP contribution >= 0.6 is 69.6 Å². The van der Waals surface area contributed by atoms with Crippen LogP contribution in [0.5, 0.6) is 0 Å². The number of amides is 2. The van der Waals surface area contributed by atoms with Gasteiger partial charge < -0.3 is 0 Å². The monoisotopic (exact) mass is 383 g/mol. The Labute approximate surface area is 137 Å². The highest BCUT2D eigenvalue weighted by Crippen LogP contribution is 2.77. The molecule has 0 aromatic heterocycles. The minimum absolute atomic E-state index is 0.0493. The Morgan fingerprint density at radius 1 is 0.895 bits per heavy atom. The maximum Gasteiger partial charge on any atom is 0.259 e. The van der Waals surface area contributed by atoms with Crippen LogP contribution in [0.2, 0.25) is 0 Å². The molecular weight excluding hydrogens is 383 g/mol. The van der Waals surface area contributed by atoms with Gasteiger partial charge in [0.1, 0.15) is 9.75 Å². The minimum atomic E-state index is -1.96. The SMILES string of the molecule is O=C1[C@@H]2[C@H](C(=O)N1O)[C@@]1(Cl)C(Cl)=C(Cl)[C@@]2(Cl)C1(Cl)Cl. The number of fused-ring (bicyclic) bond motifs is 5. The minimum Gasteiger partial charge on any atom is -0.278 e. The van der Waals surface area contributed by atoms with Crippen LogP contribution < -0.4 is 0 Å². The summed E-state index contributed by atoms with van der Waals surface area (Å²) in [5.74, 6) is -4.45. The van der Waals surface area contributed by atoms with Crippen molar-refractivity contribution < 1.29 is 14.8 Å². The van der Waals surface area contributed by atoms with E-state index in [1.54, 1.807) is 0 Å². The topological polar surface area (TPSA) is 57.6 Å². The normalized spacial score (nSPS) is 47.4. The van der Waals surface area contributed by atoms with Gasteiger partial charge in [-0.15, -0.1) is 23.2 Å². The van der Waals surface area contributed by atoms with Crippen LogP contribution in [0.25, 0.3) is 0 Å². The van der Waals surface area contributed by atoms with E-state index in [2.05, 4.69) is 0 Å². The van der Waals surface area contributed by atoms with E-state index < -0.39 is 37.7 Å². The highest BCUT2D eigenvalue weighted by atomic mass is 35.5. The Hall–Kier alpha value is 0.580. The van der Waals surface area contributed by atoms with Crippen molar-refractivity contribution >= 4 is 81.4 Å². The van der Waals surface area contributed by atoms with E-state index in [-0.39, 0.29) is 15.1 Å². The van der Waals surface area contributed by atoms with Crippen molar-refractivity contribution in [2.24, 2.45) is 11.8 Å². The summed E-state index contributed by atoms with van der Waals surface area (Å²) in [6.07, 6.45) is 0. The second-order valence-corrected chi connectivity index (χ2v) is 7.85. The molecule has 0 aromatic rings. The zero-order valence-corrected chi connectivity index (χ0v) is 13.2. The van der Waals surface area contributed by atoms with E-state index in [1.165, 1.54) is 0 Å². The number of hydrogen-bond acceptors (Lipinski definition) is 3. The lowest BCUT2D eigenvalue weighted by atomic mass is 9.84. The van der Waals surface area contributed by atoms with Gasteiger partial charge in [0.2, 0.25) is 0 Å². The van der Waals surface area contributed by atoms with Gasteiger partial charge in [-0.05, 0) is 0 Å². The van der Waals surface area contributed by atoms with E-state index in [1.807, 2.05) is 0 Å². The Balaban J connectivity index is 2.36. The molecule has 0 aromatic carbocycles. The molecule has 2 bridgehead atoms. The molecule has 2 aliphatic carbocycles. The van der Waals surface area contributed by atoms with Crippen molar-refractivity contribution in [2.45, 2.75) is 14.1 Å². The van der Waals surface area contributed by atoms with Gasteiger partial charge in [0.05, 0.1) is 21.9 Å². The smallest absolute Gasteiger partial charge is 0.259 e.